The molecule has 2 fully saturated rings. The molecular weight excluding hydrogens is 388 g/mol. The number of benzene rings is 2. The van der Waals surface area contributed by atoms with Gasteiger partial charge in [-0.25, -0.2) is 0 Å². The van der Waals surface area contributed by atoms with Crippen molar-refractivity contribution in [1.82, 2.24) is 0 Å². The van der Waals surface area contributed by atoms with Crippen LogP contribution in [0.3, 0.4) is 0 Å². The van der Waals surface area contributed by atoms with E-state index in [0.29, 0.717) is 17.0 Å². The summed E-state index contributed by atoms with van der Waals surface area (Å²) in [5.41, 5.74) is -1.40. The van der Waals surface area contributed by atoms with Crippen LogP contribution >= 0.6 is 0 Å². The van der Waals surface area contributed by atoms with Gasteiger partial charge in [0.1, 0.15) is 6.10 Å². The summed E-state index contributed by atoms with van der Waals surface area (Å²) in [6.45, 7) is 5.86. The Morgan fingerprint density at radius 2 is 1.55 bits per heavy atom. The third-order valence-electron chi connectivity index (χ3n) is 6.75. The van der Waals surface area contributed by atoms with Crippen LogP contribution in [0, 0.1) is 56.2 Å². The topological polar surface area (TPSA) is 114 Å². The molecule has 0 amide bonds. The Labute approximate surface area is 181 Å². The normalized spacial score (nSPS) is 30.7. The van der Waals surface area contributed by atoms with Crippen molar-refractivity contribution in [3.05, 3.63) is 71.3 Å². The Morgan fingerprint density at radius 1 is 0.935 bits per heavy atom. The molecule has 6 nitrogen and oxygen atoms in total. The van der Waals surface area contributed by atoms with Crippen molar-refractivity contribution in [2.45, 2.75) is 38.6 Å². The second-order valence-electron chi connectivity index (χ2n) is 8.46. The molecule has 2 bridgehead atoms. The molecular formula is C25H22N4O2. The molecule has 4 rings (SSSR count). The van der Waals surface area contributed by atoms with Gasteiger partial charge in [-0.1, -0.05) is 75.4 Å². The maximum atomic E-state index is 10.3. The highest BCUT2D eigenvalue weighted by Gasteiger charge is 2.79. The Bertz CT molecular complexity index is 1140. The first-order valence-corrected chi connectivity index (χ1v) is 10.2. The fourth-order valence-electron chi connectivity index (χ4n) is 4.89. The van der Waals surface area contributed by atoms with Crippen molar-refractivity contribution in [1.29, 1.82) is 21.2 Å². The van der Waals surface area contributed by atoms with Crippen molar-refractivity contribution in [3.8, 4) is 18.2 Å². The molecule has 2 aliphatic rings. The first-order valence-electron chi connectivity index (χ1n) is 10.2. The van der Waals surface area contributed by atoms with Crippen LogP contribution < -0.4 is 0 Å². The van der Waals surface area contributed by atoms with Crippen LogP contribution in [-0.4, -0.2) is 5.90 Å². The molecule has 31 heavy (non-hydrogen) atoms. The number of nitriles is 3. The number of hydrogen-bond donors (Lipinski definition) is 1. The standard InChI is InChI=1S/C25H22N4O2/c1-16(2)18-9-11-19(12-10-18)21-23(13-26,14-27)24(15-28)17(3)25(30-21,31-22(24)29)20-7-5-4-6-8-20/h4-12,16-17,21,29H,1-3H3. The van der Waals surface area contributed by atoms with Gasteiger partial charge in [-0.3, -0.25) is 5.41 Å². The molecule has 0 saturated carbocycles. The highest BCUT2D eigenvalue weighted by atomic mass is 16.7. The summed E-state index contributed by atoms with van der Waals surface area (Å²) in [5, 5.41) is 39.5. The Kier molecular flexibility index (Phi) is 4.62. The van der Waals surface area contributed by atoms with E-state index in [1.165, 1.54) is 0 Å². The van der Waals surface area contributed by atoms with E-state index < -0.39 is 34.5 Å². The van der Waals surface area contributed by atoms with Crippen LogP contribution in [0.2, 0.25) is 0 Å². The Balaban J connectivity index is 1.99. The third kappa shape index (κ3) is 2.42. The van der Waals surface area contributed by atoms with Crippen molar-refractivity contribution >= 4 is 5.90 Å². The monoisotopic (exact) mass is 410 g/mol. The summed E-state index contributed by atoms with van der Waals surface area (Å²) in [6, 6.07) is 22.9. The highest BCUT2D eigenvalue weighted by molar-refractivity contribution is 5.89. The van der Waals surface area contributed by atoms with E-state index in [1.807, 2.05) is 54.6 Å². The van der Waals surface area contributed by atoms with Gasteiger partial charge in [-0.05, 0) is 17.0 Å². The summed E-state index contributed by atoms with van der Waals surface area (Å²) < 4.78 is 12.5. The molecule has 2 aliphatic heterocycles. The summed E-state index contributed by atoms with van der Waals surface area (Å²) in [6.07, 6.45) is -1.08. The molecule has 0 aromatic heterocycles. The fourth-order valence-corrected chi connectivity index (χ4v) is 4.89. The predicted octanol–water partition coefficient (Wildman–Crippen LogP) is 4.92. The van der Waals surface area contributed by atoms with E-state index in [2.05, 4.69) is 32.1 Å². The molecule has 4 atom stereocenters. The highest BCUT2D eigenvalue weighted by Crippen LogP contribution is 2.68. The minimum Gasteiger partial charge on any atom is -0.443 e. The third-order valence-corrected chi connectivity index (χ3v) is 6.75. The lowest BCUT2D eigenvalue weighted by atomic mass is 9.53. The van der Waals surface area contributed by atoms with Crippen LogP contribution in [0.15, 0.2) is 54.6 Å². The maximum Gasteiger partial charge on any atom is 0.244 e. The van der Waals surface area contributed by atoms with Gasteiger partial charge in [-0.15, -0.1) is 0 Å². The van der Waals surface area contributed by atoms with Gasteiger partial charge in [0.25, 0.3) is 0 Å². The lowest BCUT2D eigenvalue weighted by Gasteiger charge is -2.48. The number of nitrogens with zero attached hydrogens (tertiary/aromatic N) is 3. The Morgan fingerprint density at radius 3 is 2.06 bits per heavy atom. The molecule has 0 spiro atoms. The van der Waals surface area contributed by atoms with Crippen molar-refractivity contribution in [2.75, 3.05) is 0 Å². The number of ether oxygens (including phenoxy) is 2. The molecule has 0 radical (unpaired) electrons. The zero-order valence-corrected chi connectivity index (χ0v) is 17.6. The quantitative estimate of drug-likeness (QED) is 0.771. The van der Waals surface area contributed by atoms with E-state index in [9.17, 15) is 15.8 Å². The molecule has 2 aromatic carbocycles. The number of rotatable bonds is 3. The lowest BCUT2D eigenvalue weighted by Crippen LogP contribution is -2.57. The van der Waals surface area contributed by atoms with E-state index in [1.54, 1.807) is 6.92 Å². The average Bonchev–Trinajstić information content (AvgIpc) is 2.96. The molecule has 4 unspecified atom stereocenters. The van der Waals surface area contributed by atoms with Gasteiger partial charge in [0, 0.05) is 5.56 Å². The number of fused-ring (bicyclic) bond motifs is 2. The van der Waals surface area contributed by atoms with Gasteiger partial charge in [-0.2, -0.15) is 15.8 Å². The molecule has 2 saturated heterocycles. The SMILES string of the molecule is CC(C)c1ccc(C2OC3(c4ccccc4)OC(=N)C(C#N)(C3C)C2(C#N)C#N)cc1. The van der Waals surface area contributed by atoms with Crippen LogP contribution in [0.4, 0.5) is 0 Å². The minimum absolute atomic E-state index is 0.312. The van der Waals surface area contributed by atoms with E-state index in [0.717, 1.165) is 5.56 Å². The van der Waals surface area contributed by atoms with Crippen LogP contribution in [0.25, 0.3) is 0 Å². The van der Waals surface area contributed by atoms with Crippen LogP contribution in [0.1, 0.15) is 49.5 Å². The summed E-state index contributed by atoms with van der Waals surface area (Å²) in [5.74, 6) is -2.31. The largest absolute Gasteiger partial charge is 0.443 e. The van der Waals surface area contributed by atoms with Crippen molar-refractivity contribution in [3.63, 3.8) is 0 Å². The summed E-state index contributed by atoms with van der Waals surface area (Å²) in [7, 11) is 0. The first-order chi connectivity index (χ1) is 14.8. The summed E-state index contributed by atoms with van der Waals surface area (Å²) >= 11 is 0. The second kappa shape index (κ2) is 6.95. The lowest BCUT2D eigenvalue weighted by molar-refractivity contribution is -0.288. The minimum atomic E-state index is -1.95. The van der Waals surface area contributed by atoms with E-state index in [-0.39, 0.29) is 0 Å². The zero-order valence-electron chi connectivity index (χ0n) is 17.6. The van der Waals surface area contributed by atoms with Crippen molar-refractivity contribution in [2.24, 2.45) is 16.7 Å². The zero-order chi connectivity index (χ0) is 22.4. The second-order valence-corrected chi connectivity index (χ2v) is 8.46. The first kappa shape index (κ1) is 20.6. The average molecular weight is 410 g/mol. The van der Waals surface area contributed by atoms with Gasteiger partial charge in [0.05, 0.1) is 24.1 Å². The molecule has 0 aliphatic carbocycles. The maximum absolute atomic E-state index is 10.3. The molecule has 2 aromatic rings. The summed E-state index contributed by atoms with van der Waals surface area (Å²) in [4.78, 5) is 0. The van der Waals surface area contributed by atoms with Gasteiger partial charge >= 0.3 is 0 Å². The van der Waals surface area contributed by atoms with Crippen molar-refractivity contribution < 1.29 is 9.47 Å². The molecule has 6 heteroatoms. The predicted molar refractivity (Wildman–Crippen MR) is 112 cm³/mol. The van der Waals surface area contributed by atoms with Crippen LogP contribution in [0.5, 0.6) is 0 Å². The van der Waals surface area contributed by atoms with Crippen LogP contribution in [-0.2, 0) is 15.3 Å². The Hall–Kier alpha value is -3.66. The van der Waals surface area contributed by atoms with E-state index in [4.69, 9.17) is 14.9 Å². The van der Waals surface area contributed by atoms with Gasteiger partial charge in [0.2, 0.25) is 17.1 Å². The molecule has 154 valence electrons. The number of hydrogen-bond acceptors (Lipinski definition) is 6. The molecule has 2 heterocycles. The van der Waals surface area contributed by atoms with Gasteiger partial charge in [0.15, 0.2) is 5.41 Å². The fraction of sp³-hybridized carbons (Fsp3) is 0.360. The number of nitrogens with one attached hydrogen (secondary N) is 1. The van der Waals surface area contributed by atoms with E-state index >= 15 is 0 Å². The van der Waals surface area contributed by atoms with Gasteiger partial charge < -0.3 is 9.47 Å². The smallest absolute Gasteiger partial charge is 0.244 e. The molecule has 1 N–H and O–H groups in total.